The molecule has 1 aliphatic rings. The minimum atomic E-state index is -0.701. The minimum absolute atomic E-state index is 0.391. The number of carbonyl (C=O) groups excluding carboxylic acids is 2. The lowest BCUT2D eigenvalue weighted by molar-refractivity contribution is -0.143. The molecule has 0 aliphatic carbocycles. The number of carbonyl (C=O) groups is 2. The molecule has 0 spiro atoms. The molecule has 1 N–H and O–H groups in total. The van der Waals surface area contributed by atoms with Gasteiger partial charge in [-0.25, -0.2) is 4.98 Å². The third kappa shape index (κ3) is 4.28. The Morgan fingerprint density at radius 1 is 1.04 bits per heavy atom. The van der Waals surface area contributed by atoms with Crippen LogP contribution in [0.2, 0.25) is 0 Å². The summed E-state index contributed by atoms with van der Waals surface area (Å²) in [6.07, 6.45) is 1.74. The average Bonchev–Trinajstić information content (AvgIpc) is 2.73. The first-order valence-corrected chi connectivity index (χ1v) is 8.60. The maximum Gasteiger partial charge on any atom is 0.314 e. The van der Waals surface area contributed by atoms with Crippen molar-refractivity contribution in [3.05, 3.63) is 42.6 Å². The highest BCUT2D eigenvalue weighted by Gasteiger charge is 2.27. The van der Waals surface area contributed by atoms with E-state index in [1.807, 2.05) is 18.2 Å². The lowest BCUT2D eigenvalue weighted by Crippen LogP contribution is -2.51. The van der Waals surface area contributed by atoms with Crippen molar-refractivity contribution < 1.29 is 19.1 Å². The van der Waals surface area contributed by atoms with Crippen molar-refractivity contribution in [2.24, 2.45) is 0 Å². The van der Waals surface area contributed by atoms with Crippen LogP contribution in [0, 0.1) is 0 Å². The van der Waals surface area contributed by atoms with Gasteiger partial charge in [-0.15, -0.1) is 0 Å². The summed E-state index contributed by atoms with van der Waals surface area (Å²) in [5, 5.41) is 2.62. The molecule has 0 saturated carbocycles. The zero-order valence-corrected chi connectivity index (χ0v) is 15.3. The number of pyridine rings is 1. The largest absolute Gasteiger partial charge is 0.497 e. The van der Waals surface area contributed by atoms with Gasteiger partial charge in [-0.1, -0.05) is 6.07 Å². The molecule has 8 heteroatoms. The monoisotopic (exact) mass is 370 g/mol. The number of benzene rings is 1. The Hall–Kier alpha value is -3.29. The number of ether oxygens (including phenoxy) is 2. The molecule has 142 valence electrons. The van der Waals surface area contributed by atoms with E-state index >= 15 is 0 Å². The molecule has 1 aliphatic heterocycles. The van der Waals surface area contributed by atoms with Crippen LogP contribution in [0.5, 0.6) is 11.5 Å². The van der Waals surface area contributed by atoms with E-state index in [1.54, 1.807) is 29.3 Å². The van der Waals surface area contributed by atoms with E-state index in [9.17, 15) is 9.59 Å². The maximum atomic E-state index is 12.5. The second-order valence-electron chi connectivity index (χ2n) is 5.99. The summed E-state index contributed by atoms with van der Waals surface area (Å²) in [6.45, 7) is 2.16. The number of amides is 2. The Morgan fingerprint density at radius 3 is 2.44 bits per heavy atom. The van der Waals surface area contributed by atoms with E-state index in [-0.39, 0.29) is 0 Å². The van der Waals surface area contributed by atoms with E-state index in [2.05, 4.69) is 15.2 Å². The first kappa shape index (κ1) is 18.5. The molecule has 0 unspecified atom stereocenters. The van der Waals surface area contributed by atoms with Gasteiger partial charge in [-0.2, -0.15) is 0 Å². The predicted molar refractivity (Wildman–Crippen MR) is 101 cm³/mol. The van der Waals surface area contributed by atoms with E-state index < -0.39 is 11.8 Å². The Kier molecular flexibility index (Phi) is 5.75. The fraction of sp³-hybridized carbons (Fsp3) is 0.316. The van der Waals surface area contributed by atoms with Crippen molar-refractivity contribution in [2.45, 2.75) is 0 Å². The number of nitrogens with one attached hydrogen (secondary N) is 1. The van der Waals surface area contributed by atoms with Crippen molar-refractivity contribution >= 4 is 23.3 Å². The van der Waals surface area contributed by atoms with Gasteiger partial charge in [0.1, 0.15) is 17.3 Å². The minimum Gasteiger partial charge on any atom is -0.497 e. The summed E-state index contributed by atoms with van der Waals surface area (Å²) in [7, 11) is 3.02. The van der Waals surface area contributed by atoms with Crippen LogP contribution in [0.4, 0.5) is 11.5 Å². The zero-order chi connectivity index (χ0) is 19.2. The normalized spacial score (nSPS) is 13.9. The molecule has 27 heavy (non-hydrogen) atoms. The summed E-state index contributed by atoms with van der Waals surface area (Å²) < 4.78 is 10.4. The lowest BCUT2D eigenvalue weighted by atomic mass is 10.2. The van der Waals surface area contributed by atoms with Crippen molar-refractivity contribution in [3.8, 4) is 11.5 Å². The molecule has 0 atom stereocenters. The number of methoxy groups -OCH3 is 2. The Balaban J connectivity index is 1.61. The summed E-state index contributed by atoms with van der Waals surface area (Å²) >= 11 is 0. The molecule has 2 heterocycles. The van der Waals surface area contributed by atoms with Gasteiger partial charge < -0.3 is 24.6 Å². The first-order valence-electron chi connectivity index (χ1n) is 8.60. The molecule has 1 saturated heterocycles. The molecular formula is C19H22N4O4. The van der Waals surface area contributed by atoms with Gasteiger partial charge in [0.2, 0.25) is 0 Å². The first-order chi connectivity index (χ1) is 13.1. The van der Waals surface area contributed by atoms with Gasteiger partial charge in [0.05, 0.1) is 19.9 Å². The van der Waals surface area contributed by atoms with Crippen LogP contribution in [0.3, 0.4) is 0 Å². The van der Waals surface area contributed by atoms with Crippen molar-refractivity contribution in [1.29, 1.82) is 0 Å². The highest BCUT2D eigenvalue weighted by atomic mass is 16.5. The van der Waals surface area contributed by atoms with Crippen LogP contribution in [0.15, 0.2) is 42.6 Å². The number of aromatic nitrogens is 1. The standard InChI is InChI=1S/C19H22N4O4/c1-26-14-6-7-16(27-2)15(13-14)21-18(24)19(25)23-11-9-22(10-12-23)17-5-3-4-8-20-17/h3-8,13H,9-12H2,1-2H3,(H,21,24). The number of hydrogen-bond donors (Lipinski definition) is 1. The third-order valence-corrected chi connectivity index (χ3v) is 4.39. The van der Waals surface area contributed by atoms with Crippen LogP contribution >= 0.6 is 0 Å². The smallest absolute Gasteiger partial charge is 0.314 e. The van der Waals surface area contributed by atoms with Gasteiger partial charge in [0.15, 0.2) is 0 Å². The van der Waals surface area contributed by atoms with Crippen LogP contribution in [-0.2, 0) is 9.59 Å². The summed E-state index contributed by atoms with van der Waals surface area (Å²) in [5.74, 6) is 0.614. The molecule has 0 bridgehead atoms. The Morgan fingerprint density at radius 2 is 1.81 bits per heavy atom. The van der Waals surface area contributed by atoms with E-state index in [1.165, 1.54) is 14.2 Å². The van der Waals surface area contributed by atoms with Gasteiger partial charge in [0, 0.05) is 38.4 Å². The number of piperazine rings is 1. The second kappa shape index (κ2) is 8.39. The van der Waals surface area contributed by atoms with Crippen LogP contribution in [0.25, 0.3) is 0 Å². The molecule has 2 amide bonds. The van der Waals surface area contributed by atoms with Gasteiger partial charge in [-0.3, -0.25) is 9.59 Å². The lowest BCUT2D eigenvalue weighted by Gasteiger charge is -2.35. The van der Waals surface area contributed by atoms with Crippen molar-refractivity contribution in [2.75, 3.05) is 50.6 Å². The van der Waals surface area contributed by atoms with Gasteiger partial charge in [-0.05, 0) is 24.3 Å². The van der Waals surface area contributed by atoms with Crippen LogP contribution in [-0.4, -0.2) is 62.1 Å². The Bertz CT molecular complexity index is 805. The highest BCUT2D eigenvalue weighted by molar-refractivity contribution is 6.39. The van der Waals surface area contributed by atoms with Crippen molar-refractivity contribution in [1.82, 2.24) is 9.88 Å². The average molecular weight is 370 g/mol. The quantitative estimate of drug-likeness (QED) is 0.819. The Labute approximate surface area is 157 Å². The topological polar surface area (TPSA) is 84.0 Å². The molecule has 8 nitrogen and oxygen atoms in total. The number of nitrogens with zero attached hydrogens (tertiary/aromatic N) is 3. The molecular weight excluding hydrogens is 348 g/mol. The molecule has 1 aromatic carbocycles. The maximum absolute atomic E-state index is 12.5. The van der Waals surface area contributed by atoms with Gasteiger partial charge in [0.25, 0.3) is 0 Å². The van der Waals surface area contributed by atoms with Gasteiger partial charge >= 0.3 is 11.8 Å². The van der Waals surface area contributed by atoms with Crippen LogP contribution < -0.4 is 19.7 Å². The molecule has 0 radical (unpaired) electrons. The van der Waals surface area contributed by atoms with Crippen LogP contribution in [0.1, 0.15) is 0 Å². The molecule has 2 aromatic rings. The van der Waals surface area contributed by atoms with E-state index in [0.717, 1.165) is 5.82 Å². The number of anilines is 2. The molecule has 1 aromatic heterocycles. The second-order valence-corrected chi connectivity index (χ2v) is 5.99. The summed E-state index contributed by atoms with van der Waals surface area (Å²) in [4.78, 5) is 32.9. The van der Waals surface area contributed by atoms with E-state index in [0.29, 0.717) is 43.4 Å². The van der Waals surface area contributed by atoms with Crippen molar-refractivity contribution in [3.63, 3.8) is 0 Å². The molecule has 3 rings (SSSR count). The highest BCUT2D eigenvalue weighted by Crippen LogP contribution is 2.28. The predicted octanol–water partition coefficient (Wildman–Crippen LogP) is 1.39. The number of hydrogen-bond acceptors (Lipinski definition) is 6. The number of rotatable bonds is 4. The zero-order valence-electron chi connectivity index (χ0n) is 15.3. The summed E-state index contributed by atoms with van der Waals surface area (Å²) in [5.41, 5.74) is 0.391. The molecule has 1 fully saturated rings. The third-order valence-electron chi connectivity index (χ3n) is 4.39. The fourth-order valence-electron chi connectivity index (χ4n) is 2.91. The van der Waals surface area contributed by atoms with E-state index in [4.69, 9.17) is 9.47 Å². The SMILES string of the molecule is COc1ccc(OC)c(NC(=O)C(=O)N2CCN(c3ccccn3)CC2)c1. The summed E-state index contributed by atoms with van der Waals surface area (Å²) in [6, 6.07) is 10.7. The fourth-order valence-corrected chi connectivity index (χ4v) is 2.91.